The van der Waals surface area contributed by atoms with E-state index in [1.807, 2.05) is 13.8 Å². The van der Waals surface area contributed by atoms with Crippen LogP contribution in [0, 0.1) is 52.3 Å². The average molecular weight is 423 g/mol. The van der Waals surface area contributed by atoms with Crippen LogP contribution < -0.4 is 0 Å². The molecule has 4 nitrogen and oxygen atoms in total. The van der Waals surface area contributed by atoms with Crippen molar-refractivity contribution in [3.63, 3.8) is 0 Å². The van der Waals surface area contributed by atoms with E-state index in [9.17, 15) is 19.8 Å². The van der Waals surface area contributed by atoms with Crippen LogP contribution in [0.5, 0.6) is 0 Å². The van der Waals surface area contributed by atoms with Gasteiger partial charge < -0.3 is 10.2 Å². The Hall–Kier alpha value is -0.900. The molecule has 0 aromatic heterocycles. The second kappa shape index (κ2) is 7.90. The lowest BCUT2D eigenvalue weighted by Crippen LogP contribution is -2.61. The number of carboxylic acids is 1. The zero-order valence-electron chi connectivity index (χ0n) is 23.0. The number of aliphatic carboxylic acids is 1. The van der Waals surface area contributed by atoms with Crippen LogP contribution in [0.4, 0.5) is 0 Å². The molecule has 4 saturated carbocycles. The number of fused-ring (bicyclic) bond motifs is 5. The van der Waals surface area contributed by atoms with Gasteiger partial charge in [-0.2, -0.15) is 0 Å². The van der Waals surface area contributed by atoms with Crippen molar-refractivity contribution >= 4 is 11.8 Å². The molecule has 4 unspecified atom stereocenters. The summed E-state index contributed by atoms with van der Waals surface area (Å²) in [5.41, 5.74) is -0.704. The van der Waals surface area contributed by atoms with Gasteiger partial charge in [0.2, 0.25) is 0 Å². The van der Waals surface area contributed by atoms with E-state index in [4.69, 9.17) is 5.48 Å². The molecule has 0 spiro atoms. The summed E-state index contributed by atoms with van der Waals surface area (Å²) in [6.07, 6.45) is -0.121. The zero-order valence-corrected chi connectivity index (χ0v) is 19.0. The summed E-state index contributed by atoms with van der Waals surface area (Å²) in [5.74, 6) is -1.94. The Bertz CT molecular complexity index is 847. The molecule has 4 aliphatic carbocycles. The summed E-state index contributed by atoms with van der Waals surface area (Å²) >= 11 is 0. The molecule has 4 aliphatic rings. The van der Waals surface area contributed by atoms with Gasteiger partial charge in [-0.1, -0.05) is 34.1 Å². The van der Waals surface area contributed by atoms with Gasteiger partial charge >= 0.3 is 5.97 Å². The Balaban J connectivity index is 1.72. The normalized spacial score (nSPS) is 54.4. The summed E-state index contributed by atoms with van der Waals surface area (Å²) in [7, 11) is 0. The van der Waals surface area contributed by atoms with Gasteiger partial charge in [0, 0.05) is 24.6 Å². The number of carbonyl (C=O) groups is 2. The fourth-order valence-electron chi connectivity index (χ4n) is 8.62. The number of rotatable bonds is 5. The van der Waals surface area contributed by atoms with Crippen molar-refractivity contribution in [2.24, 2.45) is 52.3 Å². The molecule has 0 saturated heterocycles. The van der Waals surface area contributed by atoms with Gasteiger partial charge in [0.1, 0.15) is 5.78 Å². The number of ketones is 1. The lowest BCUT2D eigenvalue weighted by atomic mass is 9.41. The molecule has 30 heavy (non-hydrogen) atoms. The van der Waals surface area contributed by atoms with Gasteiger partial charge in [-0.15, -0.1) is 0 Å². The number of carbonyl (C=O) groups excluding carboxylic acids is 1. The molecular formula is C26H42O4. The Kier molecular flexibility index (Phi) is 4.64. The van der Waals surface area contributed by atoms with E-state index in [1.165, 1.54) is 0 Å². The Morgan fingerprint density at radius 2 is 1.87 bits per heavy atom. The fourth-order valence-corrected chi connectivity index (χ4v) is 8.62. The summed E-state index contributed by atoms with van der Waals surface area (Å²) in [4.78, 5) is 24.0. The topological polar surface area (TPSA) is 74.6 Å². The van der Waals surface area contributed by atoms with E-state index < -0.39 is 41.9 Å². The maximum atomic E-state index is 12.9. The summed E-state index contributed by atoms with van der Waals surface area (Å²) < 4.78 is 34.4. The van der Waals surface area contributed by atoms with Crippen molar-refractivity contribution in [3.05, 3.63) is 0 Å². The first-order valence-corrected chi connectivity index (χ1v) is 12.1. The maximum absolute atomic E-state index is 12.9. The smallest absolute Gasteiger partial charge is 0.303 e. The number of aliphatic hydroxyl groups is 1. The van der Waals surface area contributed by atoms with E-state index in [-0.39, 0.29) is 47.8 Å². The molecule has 170 valence electrons. The predicted octanol–water partition coefficient (Wildman–Crippen LogP) is 5.32. The molecular weight excluding hydrogens is 376 g/mol. The van der Waals surface area contributed by atoms with Gasteiger partial charge in [-0.25, -0.2) is 0 Å². The minimum Gasteiger partial charge on any atom is -0.481 e. The van der Waals surface area contributed by atoms with Crippen LogP contribution in [0.15, 0.2) is 0 Å². The second-order valence-electron chi connectivity index (χ2n) is 11.3. The van der Waals surface area contributed by atoms with Gasteiger partial charge in [-0.3, -0.25) is 9.59 Å². The van der Waals surface area contributed by atoms with Crippen molar-refractivity contribution in [3.8, 4) is 0 Å². The van der Waals surface area contributed by atoms with Gasteiger partial charge in [0.05, 0.1) is 6.10 Å². The molecule has 0 aromatic rings. The minimum atomic E-state index is -2.30. The molecule has 0 aliphatic heterocycles. The highest BCUT2D eigenvalue weighted by molar-refractivity contribution is 5.79. The molecule has 4 heteroatoms. The molecule has 4 rings (SSSR count). The SMILES string of the molecule is [2H]C1([2H])C[C@]2(C)C3CC[C@@]4(C)C(CC[C@@H]4[C@H](C)CCC(=O)O)C3C(O)[C@H](CC)[C@@H]2C([2H])([2H])C1=O. The molecule has 4 fully saturated rings. The summed E-state index contributed by atoms with van der Waals surface area (Å²) in [5, 5.41) is 20.9. The highest BCUT2D eigenvalue weighted by Gasteiger charge is 2.64. The predicted molar refractivity (Wildman–Crippen MR) is 117 cm³/mol. The second-order valence-corrected chi connectivity index (χ2v) is 11.3. The monoisotopic (exact) mass is 422 g/mol. The number of hydrogen-bond acceptors (Lipinski definition) is 3. The van der Waals surface area contributed by atoms with Crippen molar-refractivity contribution in [1.82, 2.24) is 0 Å². The van der Waals surface area contributed by atoms with Gasteiger partial charge in [-0.05, 0) is 90.8 Å². The first-order valence-electron chi connectivity index (χ1n) is 14.1. The third-order valence-corrected chi connectivity index (χ3v) is 10.1. The van der Waals surface area contributed by atoms with Crippen LogP contribution >= 0.6 is 0 Å². The summed E-state index contributed by atoms with van der Waals surface area (Å²) in [6, 6.07) is 0. The van der Waals surface area contributed by atoms with Crippen molar-refractivity contribution in [2.45, 2.75) is 97.9 Å². The van der Waals surface area contributed by atoms with Crippen LogP contribution in [0.2, 0.25) is 0 Å². The first-order chi connectivity index (χ1) is 15.6. The van der Waals surface area contributed by atoms with E-state index >= 15 is 0 Å². The molecule has 0 bridgehead atoms. The maximum Gasteiger partial charge on any atom is 0.303 e. The molecule has 0 aromatic carbocycles. The standard InChI is InChI=1S/C26H42O4/c1-5-17-21-14-16(27)10-12-26(21,4)20-11-13-25(3)18(15(2)6-9-22(28)29)7-8-19(25)23(20)24(17)30/h15,17-21,23-24,30H,5-14H2,1-4H3,(H,28,29)/t15-,17-,18-,19?,20?,21+,23?,24?,25-,26-/m1/s1/i10D2,14D2. The van der Waals surface area contributed by atoms with Crippen molar-refractivity contribution in [2.75, 3.05) is 0 Å². The molecule has 0 amide bonds. The highest BCUT2D eigenvalue weighted by Crippen LogP contribution is 2.69. The number of carboxylic acid groups (broad SMARTS) is 1. The largest absolute Gasteiger partial charge is 0.481 e. The van der Waals surface area contributed by atoms with Crippen LogP contribution in [0.1, 0.15) is 97.3 Å². The van der Waals surface area contributed by atoms with E-state index in [0.29, 0.717) is 18.8 Å². The van der Waals surface area contributed by atoms with E-state index in [2.05, 4.69) is 13.8 Å². The third kappa shape index (κ3) is 3.27. The van der Waals surface area contributed by atoms with Crippen molar-refractivity contribution in [1.29, 1.82) is 0 Å². The first kappa shape index (κ1) is 17.6. The average Bonchev–Trinajstić information content (AvgIpc) is 3.09. The molecule has 0 radical (unpaired) electrons. The molecule has 0 heterocycles. The Labute approximate surface area is 187 Å². The molecule has 10 atom stereocenters. The highest BCUT2D eigenvalue weighted by atomic mass is 16.4. The number of hydrogen-bond donors (Lipinski definition) is 2. The lowest BCUT2D eigenvalue weighted by Gasteiger charge is -2.64. The van der Waals surface area contributed by atoms with Gasteiger partial charge in [0.25, 0.3) is 0 Å². The summed E-state index contributed by atoms with van der Waals surface area (Å²) in [6.45, 7) is 8.42. The van der Waals surface area contributed by atoms with Crippen molar-refractivity contribution < 1.29 is 25.3 Å². The Morgan fingerprint density at radius 3 is 2.53 bits per heavy atom. The fraction of sp³-hybridized carbons (Fsp3) is 0.923. The van der Waals surface area contributed by atoms with Crippen LogP contribution in [-0.2, 0) is 9.59 Å². The zero-order chi connectivity index (χ0) is 25.4. The quantitative estimate of drug-likeness (QED) is 0.628. The van der Waals surface area contributed by atoms with Crippen LogP contribution in [0.25, 0.3) is 0 Å². The third-order valence-electron chi connectivity index (χ3n) is 10.1. The number of aliphatic hydroxyl groups excluding tert-OH is 1. The minimum absolute atomic E-state index is 0.00984. The van der Waals surface area contributed by atoms with E-state index in [1.54, 1.807) is 0 Å². The van der Waals surface area contributed by atoms with E-state index in [0.717, 1.165) is 25.7 Å². The van der Waals surface area contributed by atoms with Crippen LogP contribution in [0.3, 0.4) is 0 Å². The molecule has 2 N–H and O–H groups in total. The Morgan fingerprint density at radius 1 is 1.17 bits per heavy atom. The van der Waals surface area contributed by atoms with Gasteiger partial charge in [0.15, 0.2) is 0 Å². The number of Topliss-reactive ketones (excluding diaryl/α,β-unsaturated/α-hetero) is 1. The lowest BCUT2D eigenvalue weighted by molar-refractivity contribution is -0.194. The van der Waals surface area contributed by atoms with Crippen LogP contribution in [-0.4, -0.2) is 28.1 Å².